The molecule has 1 fully saturated rings. The number of amides is 3. The first kappa shape index (κ1) is 20.6. The molecular formula is C18H27N5O4. The van der Waals surface area contributed by atoms with Crippen molar-refractivity contribution in [3.05, 3.63) is 29.6 Å². The lowest BCUT2D eigenvalue weighted by atomic mass is 10.2. The highest BCUT2D eigenvalue weighted by atomic mass is 16.6. The summed E-state index contributed by atoms with van der Waals surface area (Å²) < 4.78 is 4.97. The van der Waals surface area contributed by atoms with Crippen LogP contribution >= 0.6 is 0 Å². The van der Waals surface area contributed by atoms with E-state index in [1.165, 1.54) is 12.3 Å². The molecule has 1 N–H and O–H groups in total. The molecular weight excluding hydrogens is 350 g/mol. The Bertz CT molecular complexity index is 671. The van der Waals surface area contributed by atoms with Crippen molar-refractivity contribution >= 4 is 17.9 Å². The molecule has 0 spiro atoms. The molecule has 9 nitrogen and oxygen atoms in total. The number of nitrogens with one attached hydrogen (secondary N) is 1. The first-order valence-electron chi connectivity index (χ1n) is 9.02. The van der Waals surface area contributed by atoms with Gasteiger partial charge in [0.2, 0.25) is 0 Å². The monoisotopic (exact) mass is 377 g/mol. The second-order valence-corrected chi connectivity index (χ2v) is 6.47. The van der Waals surface area contributed by atoms with Gasteiger partial charge >= 0.3 is 6.09 Å². The van der Waals surface area contributed by atoms with Crippen LogP contribution in [0.2, 0.25) is 0 Å². The summed E-state index contributed by atoms with van der Waals surface area (Å²) in [6.45, 7) is 4.96. The van der Waals surface area contributed by atoms with E-state index in [0.29, 0.717) is 44.9 Å². The van der Waals surface area contributed by atoms with Gasteiger partial charge in [0, 0.05) is 51.0 Å². The Morgan fingerprint density at radius 3 is 2.48 bits per heavy atom. The Labute approximate surface area is 159 Å². The Morgan fingerprint density at radius 1 is 1.19 bits per heavy atom. The fourth-order valence-corrected chi connectivity index (χ4v) is 2.65. The zero-order valence-electron chi connectivity index (χ0n) is 16.1. The molecule has 0 bridgehead atoms. The molecule has 0 unspecified atom stereocenters. The van der Waals surface area contributed by atoms with E-state index in [1.807, 2.05) is 19.0 Å². The summed E-state index contributed by atoms with van der Waals surface area (Å²) in [5, 5.41) is 2.81. The van der Waals surface area contributed by atoms with Crippen LogP contribution in [0.1, 0.15) is 27.8 Å². The Balaban J connectivity index is 1.93. The van der Waals surface area contributed by atoms with E-state index in [4.69, 9.17) is 4.74 Å². The molecule has 2 rings (SSSR count). The first-order chi connectivity index (χ1) is 12.9. The van der Waals surface area contributed by atoms with Crippen molar-refractivity contribution < 1.29 is 19.1 Å². The highest BCUT2D eigenvalue weighted by Crippen LogP contribution is 2.10. The predicted molar refractivity (Wildman–Crippen MR) is 99.6 cm³/mol. The highest BCUT2D eigenvalue weighted by molar-refractivity contribution is 5.98. The predicted octanol–water partition coefficient (Wildman–Crippen LogP) is 0.287. The van der Waals surface area contributed by atoms with Crippen molar-refractivity contribution in [3.8, 4) is 0 Å². The van der Waals surface area contributed by atoms with Crippen molar-refractivity contribution in [1.82, 2.24) is 25.0 Å². The number of likely N-dealkylation sites (N-methyl/N-ethyl adjacent to an activating group) is 1. The standard InChI is InChI=1S/C18H27N5O4/c1-4-27-18(26)23-11-9-22(10-12-23)17(25)15-13-14(5-6-19-15)16(24)20-7-8-21(2)3/h5-6,13H,4,7-12H2,1-3H3,(H,20,24). The van der Waals surface area contributed by atoms with Crippen LogP contribution in [-0.2, 0) is 4.74 Å². The average Bonchev–Trinajstić information content (AvgIpc) is 2.67. The van der Waals surface area contributed by atoms with Gasteiger partial charge < -0.3 is 24.8 Å². The summed E-state index contributed by atoms with van der Waals surface area (Å²) >= 11 is 0. The highest BCUT2D eigenvalue weighted by Gasteiger charge is 2.26. The van der Waals surface area contributed by atoms with Crippen LogP contribution in [0.25, 0.3) is 0 Å². The van der Waals surface area contributed by atoms with Crippen molar-refractivity contribution in [2.24, 2.45) is 0 Å². The van der Waals surface area contributed by atoms with Crippen LogP contribution in [0, 0.1) is 0 Å². The third kappa shape index (κ3) is 5.92. The fraction of sp³-hybridized carbons (Fsp3) is 0.556. The summed E-state index contributed by atoms with van der Waals surface area (Å²) in [5.41, 5.74) is 0.622. The number of aromatic nitrogens is 1. The number of ether oxygens (including phenoxy) is 1. The minimum Gasteiger partial charge on any atom is -0.450 e. The van der Waals surface area contributed by atoms with Gasteiger partial charge in [-0.3, -0.25) is 14.6 Å². The number of hydrogen-bond acceptors (Lipinski definition) is 6. The normalized spacial score (nSPS) is 14.2. The smallest absolute Gasteiger partial charge is 0.409 e. The maximum Gasteiger partial charge on any atom is 0.409 e. The number of rotatable bonds is 6. The van der Waals surface area contributed by atoms with E-state index in [2.05, 4.69) is 10.3 Å². The van der Waals surface area contributed by atoms with Gasteiger partial charge in [-0.1, -0.05) is 0 Å². The molecule has 0 atom stereocenters. The minimum absolute atomic E-state index is 0.222. The van der Waals surface area contributed by atoms with E-state index >= 15 is 0 Å². The van der Waals surface area contributed by atoms with Gasteiger partial charge in [0.25, 0.3) is 11.8 Å². The van der Waals surface area contributed by atoms with Gasteiger partial charge in [-0.15, -0.1) is 0 Å². The molecule has 148 valence electrons. The zero-order chi connectivity index (χ0) is 19.8. The quantitative estimate of drug-likeness (QED) is 0.766. The van der Waals surface area contributed by atoms with Gasteiger partial charge in [0.15, 0.2) is 0 Å². The van der Waals surface area contributed by atoms with E-state index < -0.39 is 0 Å². The topological polar surface area (TPSA) is 95.1 Å². The lowest BCUT2D eigenvalue weighted by Crippen LogP contribution is -2.50. The molecule has 27 heavy (non-hydrogen) atoms. The molecule has 0 saturated carbocycles. The summed E-state index contributed by atoms with van der Waals surface area (Å²) in [6, 6.07) is 3.09. The third-order valence-corrected chi connectivity index (χ3v) is 4.18. The average molecular weight is 377 g/mol. The largest absolute Gasteiger partial charge is 0.450 e. The minimum atomic E-state index is -0.362. The number of pyridine rings is 1. The molecule has 2 heterocycles. The van der Waals surface area contributed by atoms with Gasteiger partial charge in [-0.2, -0.15) is 0 Å². The van der Waals surface area contributed by atoms with Crippen molar-refractivity contribution in [2.45, 2.75) is 6.92 Å². The molecule has 1 aromatic rings. The molecule has 1 aromatic heterocycles. The number of carbonyl (C=O) groups excluding carboxylic acids is 3. The molecule has 9 heteroatoms. The van der Waals surface area contributed by atoms with E-state index in [-0.39, 0.29) is 23.6 Å². The third-order valence-electron chi connectivity index (χ3n) is 4.18. The Hall–Kier alpha value is -2.68. The molecule has 0 aromatic carbocycles. The number of hydrogen-bond donors (Lipinski definition) is 1. The zero-order valence-corrected chi connectivity index (χ0v) is 16.1. The summed E-state index contributed by atoms with van der Waals surface area (Å²) in [6.07, 6.45) is 1.10. The second kappa shape index (κ2) is 9.86. The summed E-state index contributed by atoms with van der Waals surface area (Å²) in [5.74, 6) is -0.484. The van der Waals surface area contributed by atoms with Gasteiger partial charge in [-0.05, 0) is 33.2 Å². The Morgan fingerprint density at radius 2 is 1.85 bits per heavy atom. The fourth-order valence-electron chi connectivity index (χ4n) is 2.65. The molecule has 0 radical (unpaired) electrons. The lowest BCUT2D eigenvalue weighted by Gasteiger charge is -2.33. The van der Waals surface area contributed by atoms with Crippen LogP contribution in [-0.4, -0.2) is 97.6 Å². The first-order valence-corrected chi connectivity index (χ1v) is 9.02. The molecule has 1 aliphatic rings. The molecule has 1 aliphatic heterocycles. The number of piperazine rings is 1. The van der Waals surface area contributed by atoms with Gasteiger partial charge in [0.05, 0.1) is 6.61 Å². The Kier molecular flexibility index (Phi) is 7.54. The van der Waals surface area contributed by atoms with Crippen LogP contribution in [0.4, 0.5) is 4.79 Å². The van der Waals surface area contributed by atoms with Crippen molar-refractivity contribution in [3.63, 3.8) is 0 Å². The van der Waals surface area contributed by atoms with Gasteiger partial charge in [-0.25, -0.2) is 4.79 Å². The van der Waals surface area contributed by atoms with Crippen molar-refractivity contribution in [1.29, 1.82) is 0 Å². The van der Waals surface area contributed by atoms with Gasteiger partial charge in [0.1, 0.15) is 5.69 Å². The second-order valence-electron chi connectivity index (χ2n) is 6.47. The van der Waals surface area contributed by atoms with E-state index in [1.54, 1.807) is 22.8 Å². The molecule has 1 saturated heterocycles. The van der Waals surface area contributed by atoms with Crippen LogP contribution < -0.4 is 5.32 Å². The summed E-state index contributed by atoms with van der Waals surface area (Å²) in [7, 11) is 3.86. The van der Waals surface area contributed by atoms with E-state index in [9.17, 15) is 14.4 Å². The molecule has 0 aliphatic carbocycles. The molecule has 3 amide bonds. The SMILES string of the molecule is CCOC(=O)N1CCN(C(=O)c2cc(C(=O)NCCN(C)C)ccn2)CC1. The maximum atomic E-state index is 12.7. The van der Waals surface area contributed by atoms with Crippen molar-refractivity contribution in [2.75, 3.05) is 60.0 Å². The summed E-state index contributed by atoms with van der Waals surface area (Å²) in [4.78, 5) is 45.9. The number of carbonyl (C=O) groups is 3. The van der Waals surface area contributed by atoms with E-state index in [0.717, 1.165) is 6.54 Å². The van der Waals surface area contributed by atoms with Crippen LogP contribution in [0.15, 0.2) is 18.3 Å². The van der Waals surface area contributed by atoms with Crippen LogP contribution in [0.3, 0.4) is 0 Å². The lowest BCUT2D eigenvalue weighted by molar-refractivity contribution is 0.0566. The number of nitrogens with zero attached hydrogens (tertiary/aromatic N) is 4. The van der Waals surface area contributed by atoms with Crippen LogP contribution in [0.5, 0.6) is 0 Å². The maximum absolute atomic E-state index is 12.7.